The number of carbonyl (C=O) groups excluding carboxylic acids is 2. The van der Waals surface area contributed by atoms with E-state index >= 15 is 0 Å². The number of aryl methyl sites for hydroxylation is 1. The van der Waals surface area contributed by atoms with Crippen LogP contribution in [0.15, 0.2) is 83.8 Å². The maximum absolute atomic E-state index is 13.3. The Kier molecular flexibility index (Phi) is 8.58. The summed E-state index contributed by atoms with van der Waals surface area (Å²) >= 11 is 0. The summed E-state index contributed by atoms with van der Waals surface area (Å²) in [7, 11) is -3.99. The number of rotatable bonds is 11. The highest BCUT2D eigenvalue weighted by Gasteiger charge is 2.27. The van der Waals surface area contributed by atoms with Crippen LogP contribution in [-0.4, -0.2) is 45.9 Å². The average molecular weight is 521 g/mol. The van der Waals surface area contributed by atoms with Crippen LogP contribution in [0, 0.1) is 0 Å². The number of hydrogen-bond donors (Lipinski definition) is 3. The van der Waals surface area contributed by atoms with Crippen molar-refractivity contribution in [3.8, 4) is 0 Å². The number of anilines is 2. The molecule has 0 aromatic heterocycles. The van der Waals surface area contributed by atoms with Crippen molar-refractivity contribution in [3.05, 3.63) is 90.0 Å². The fourth-order valence-electron chi connectivity index (χ4n) is 4.37. The van der Waals surface area contributed by atoms with Gasteiger partial charge in [-0.25, -0.2) is 8.42 Å². The first-order valence-electron chi connectivity index (χ1n) is 12.4. The van der Waals surface area contributed by atoms with Crippen LogP contribution < -0.4 is 20.3 Å². The highest BCUT2D eigenvalue weighted by atomic mass is 32.2. The van der Waals surface area contributed by atoms with Gasteiger partial charge in [-0.2, -0.15) is 4.72 Å². The van der Waals surface area contributed by atoms with E-state index in [1.165, 1.54) is 6.07 Å². The summed E-state index contributed by atoms with van der Waals surface area (Å²) < 4.78 is 29.2. The molecule has 8 nitrogen and oxygen atoms in total. The maximum atomic E-state index is 13.3. The zero-order chi connectivity index (χ0) is 26.3. The number of carbonyl (C=O) groups is 2. The summed E-state index contributed by atoms with van der Waals surface area (Å²) in [4.78, 5) is 27.1. The summed E-state index contributed by atoms with van der Waals surface area (Å²) in [6, 6.07) is 22.9. The molecule has 0 radical (unpaired) electrons. The predicted octanol–water partition coefficient (Wildman–Crippen LogP) is 3.10. The van der Waals surface area contributed by atoms with E-state index in [0.29, 0.717) is 31.6 Å². The molecule has 3 aromatic rings. The minimum atomic E-state index is -3.99. The van der Waals surface area contributed by atoms with Crippen LogP contribution in [0.25, 0.3) is 0 Å². The standard InChI is InChI=1S/C28H32N4O4S/c1-2-32(23-11-7-4-8-12-23)18-17-29-28(34)26(19-21-9-5-3-6-10-21)31-37(35,36)24-14-15-25-22(20-24)13-16-27(33)30-25/h3-12,14-15,20,26,31H,2,13,16-19H2,1H3,(H,29,34)(H,30,33). The molecule has 0 aliphatic carbocycles. The van der Waals surface area contributed by atoms with Gasteiger partial charge < -0.3 is 15.5 Å². The fraction of sp³-hybridized carbons (Fsp3) is 0.286. The van der Waals surface area contributed by atoms with E-state index in [9.17, 15) is 18.0 Å². The van der Waals surface area contributed by atoms with E-state index in [4.69, 9.17) is 0 Å². The van der Waals surface area contributed by atoms with Crippen molar-refractivity contribution >= 4 is 33.2 Å². The van der Waals surface area contributed by atoms with Gasteiger partial charge >= 0.3 is 0 Å². The van der Waals surface area contributed by atoms with E-state index in [1.807, 2.05) is 67.6 Å². The second kappa shape index (κ2) is 12.0. The SMILES string of the molecule is CCN(CCNC(=O)C(Cc1ccccc1)NS(=O)(=O)c1ccc2c(c1)CCC(=O)N2)c1ccccc1. The summed E-state index contributed by atoms with van der Waals surface area (Å²) in [6.07, 6.45) is 0.984. The lowest BCUT2D eigenvalue weighted by atomic mass is 10.0. The summed E-state index contributed by atoms with van der Waals surface area (Å²) in [6.45, 7) is 3.78. The maximum Gasteiger partial charge on any atom is 0.241 e. The van der Waals surface area contributed by atoms with Gasteiger partial charge in [-0.1, -0.05) is 48.5 Å². The second-order valence-electron chi connectivity index (χ2n) is 8.94. The van der Waals surface area contributed by atoms with Crippen LogP contribution >= 0.6 is 0 Å². The quantitative estimate of drug-likeness (QED) is 0.360. The molecule has 0 fully saturated rings. The van der Waals surface area contributed by atoms with Crippen molar-refractivity contribution in [2.24, 2.45) is 0 Å². The van der Waals surface area contributed by atoms with Gasteiger partial charge in [0, 0.05) is 37.4 Å². The first-order valence-corrected chi connectivity index (χ1v) is 13.9. The summed E-state index contributed by atoms with van der Waals surface area (Å²) in [5, 5.41) is 5.67. The first-order chi connectivity index (χ1) is 17.9. The van der Waals surface area contributed by atoms with Gasteiger partial charge in [0.05, 0.1) is 4.90 Å². The zero-order valence-electron chi connectivity index (χ0n) is 20.8. The molecule has 37 heavy (non-hydrogen) atoms. The molecular weight excluding hydrogens is 488 g/mol. The monoisotopic (exact) mass is 520 g/mol. The molecule has 1 aliphatic rings. The van der Waals surface area contributed by atoms with Crippen molar-refractivity contribution in [2.45, 2.75) is 37.1 Å². The molecule has 1 heterocycles. The number of nitrogens with one attached hydrogen (secondary N) is 3. The minimum absolute atomic E-state index is 0.0643. The zero-order valence-corrected chi connectivity index (χ0v) is 21.6. The van der Waals surface area contributed by atoms with Crippen LogP contribution in [0.2, 0.25) is 0 Å². The predicted molar refractivity (Wildman–Crippen MR) is 145 cm³/mol. The number of fused-ring (bicyclic) bond motifs is 1. The molecule has 2 amide bonds. The Morgan fingerprint density at radius 1 is 1.00 bits per heavy atom. The van der Waals surface area contributed by atoms with Gasteiger partial charge in [-0.15, -0.1) is 0 Å². The minimum Gasteiger partial charge on any atom is -0.370 e. The molecular formula is C28H32N4O4S. The third-order valence-corrected chi connectivity index (χ3v) is 7.83. The first kappa shape index (κ1) is 26.4. The Morgan fingerprint density at radius 2 is 1.70 bits per heavy atom. The molecule has 1 atom stereocenters. The van der Waals surface area contributed by atoms with Crippen LogP contribution in [0.5, 0.6) is 0 Å². The van der Waals surface area contributed by atoms with E-state index in [1.54, 1.807) is 12.1 Å². The smallest absolute Gasteiger partial charge is 0.241 e. The lowest BCUT2D eigenvalue weighted by molar-refractivity contribution is -0.122. The molecule has 0 saturated carbocycles. The summed E-state index contributed by atoms with van der Waals surface area (Å²) in [5.41, 5.74) is 3.28. The number of nitrogens with zero attached hydrogens (tertiary/aromatic N) is 1. The molecule has 194 valence electrons. The Bertz CT molecular complexity index is 1330. The van der Waals surface area contributed by atoms with Crippen molar-refractivity contribution in [1.29, 1.82) is 0 Å². The molecule has 1 unspecified atom stereocenters. The van der Waals surface area contributed by atoms with Crippen molar-refractivity contribution in [3.63, 3.8) is 0 Å². The van der Waals surface area contributed by atoms with Crippen molar-refractivity contribution < 1.29 is 18.0 Å². The van der Waals surface area contributed by atoms with E-state index < -0.39 is 16.1 Å². The van der Waals surface area contributed by atoms with E-state index in [-0.39, 0.29) is 23.1 Å². The van der Waals surface area contributed by atoms with Crippen molar-refractivity contribution in [2.75, 3.05) is 29.9 Å². The van der Waals surface area contributed by atoms with E-state index in [2.05, 4.69) is 20.3 Å². The number of likely N-dealkylation sites (N-methyl/N-ethyl adjacent to an activating group) is 1. The van der Waals surface area contributed by atoms with Gasteiger partial charge in [0.1, 0.15) is 6.04 Å². The molecule has 1 aliphatic heterocycles. The van der Waals surface area contributed by atoms with Crippen LogP contribution in [0.3, 0.4) is 0 Å². The van der Waals surface area contributed by atoms with Crippen LogP contribution in [-0.2, 0) is 32.5 Å². The summed E-state index contributed by atoms with van der Waals surface area (Å²) in [5.74, 6) is -0.475. The Morgan fingerprint density at radius 3 is 2.41 bits per heavy atom. The normalized spacial score (nSPS) is 13.8. The number of benzene rings is 3. The van der Waals surface area contributed by atoms with Crippen molar-refractivity contribution in [1.82, 2.24) is 10.0 Å². The van der Waals surface area contributed by atoms with Crippen LogP contribution in [0.4, 0.5) is 11.4 Å². The Hall–Kier alpha value is -3.69. The fourth-order valence-corrected chi connectivity index (χ4v) is 5.61. The van der Waals surface area contributed by atoms with Gasteiger partial charge in [0.25, 0.3) is 0 Å². The average Bonchev–Trinajstić information content (AvgIpc) is 2.91. The van der Waals surface area contributed by atoms with Gasteiger partial charge in [0.15, 0.2) is 0 Å². The van der Waals surface area contributed by atoms with Gasteiger partial charge in [0.2, 0.25) is 21.8 Å². The number of amides is 2. The lowest BCUT2D eigenvalue weighted by Gasteiger charge is -2.24. The largest absolute Gasteiger partial charge is 0.370 e. The Labute approximate surface area is 218 Å². The second-order valence-corrected chi connectivity index (χ2v) is 10.7. The molecule has 3 aromatic carbocycles. The highest BCUT2D eigenvalue weighted by molar-refractivity contribution is 7.89. The van der Waals surface area contributed by atoms with E-state index in [0.717, 1.165) is 23.4 Å². The number of sulfonamides is 1. The Balaban J connectivity index is 1.47. The number of para-hydroxylation sites is 1. The van der Waals surface area contributed by atoms with Gasteiger partial charge in [-0.3, -0.25) is 9.59 Å². The highest BCUT2D eigenvalue weighted by Crippen LogP contribution is 2.25. The molecule has 4 rings (SSSR count). The lowest BCUT2D eigenvalue weighted by Crippen LogP contribution is -2.49. The van der Waals surface area contributed by atoms with Gasteiger partial charge in [-0.05, 0) is 61.2 Å². The molecule has 0 bridgehead atoms. The molecule has 3 N–H and O–H groups in total. The third-order valence-electron chi connectivity index (χ3n) is 6.36. The molecule has 0 saturated heterocycles. The topological polar surface area (TPSA) is 108 Å². The number of hydrogen-bond acceptors (Lipinski definition) is 5. The molecule has 9 heteroatoms. The molecule has 0 spiro atoms. The van der Waals surface area contributed by atoms with Crippen LogP contribution in [0.1, 0.15) is 24.5 Å². The third kappa shape index (κ3) is 6.96.